The standard InChI is InChI=1S/C15H12F3NO/c1-10-6-7-14(20)11(8-10)9-19-13-5-3-2-4-12(13)15(16,17)18/h2-9,20H,1H3. The molecule has 0 aliphatic heterocycles. The molecule has 0 aliphatic carbocycles. The summed E-state index contributed by atoms with van der Waals surface area (Å²) >= 11 is 0. The van der Waals surface area contributed by atoms with Crippen molar-refractivity contribution < 1.29 is 18.3 Å². The number of nitrogens with zero attached hydrogens (tertiary/aromatic N) is 1. The van der Waals surface area contributed by atoms with Crippen molar-refractivity contribution in [2.45, 2.75) is 13.1 Å². The van der Waals surface area contributed by atoms with Crippen LogP contribution in [0.25, 0.3) is 0 Å². The SMILES string of the molecule is Cc1ccc(O)c(C=Nc2ccccc2C(F)(F)F)c1. The van der Waals surface area contributed by atoms with Gasteiger partial charge in [0.05, 0.1) is 11.3 Å². The number of aromatic hydroxyl groups is 1. The maximum absolute atomic E-state index is 12.8. The summed E-state index contributed by atoms with van der Waals surface area (Å²) in [7, 11) is 0. The first-order valence-corrected chi connectivity index (χ1v) is 5.88. The summed E-state index contributed by atoms with van der Waals surface area (Å²) < 4.78 is 38.4. The Morgan fingerprint density at radius 1 is 1.10 bits per heavy atom. The number of alkyl halides is 3. The highest BCUT2D eigenvalue weighted by molar-refractivity contribution is 5.85. The van der Waals surface area contributed by atoms with Gasteiger partial charge in [-0.3, -0.25) is 4.99 Å². The van der Waals surface area contributed by atoms with Gasteiger partial charge in [0.2, 0.25) is 0 Å². The average molecular weight is 279 g/mol. The topological polar surface area (TPSA) is 32.6 Å². The summed E-state index contributed by atoms with van der Waals surface area (Å²) in [4.78, 5) is 3.84. The minimum absolute atomic E-state index is 0.0242. The first-order valence-electron chi connectivity index (χ1n) is 5.88. The molecule has 0 fully saturated rings. The quantitative estimate of drug-likeness (QED) is 0.808. The first-order chi connectivity index (χ1) is 9.38. The van der Waals surface area contributed by atoms with Crippen LogP contribution in [0.15, 0.2) is 47.5 Å². The Morgan fingerprint density at radius 2 is 1.80 bits per heavy atom. The van der Waals surface area contributed by atoms with Gasteiger partial charge in [-0.15, -0.1) is 0 Å². The molecular weight excluding hydrogens is 267 g/mol. The average Bonchev–Trinajstić information content (AvgIpc) is 2.39. The second-order valence-corrected chi connectivity index (χ2v) is 4.34. The first kappa shape index (κ1) is 14.1. The zero-order valence-electron chi connectivity index (χ0n) is 10.6. The fourth-order valence-corrected chi connectivity index (χ4v) is 1.74. The van der Waals surface area contributed by atoms with Gasteiger partial charge in [0.1, 0.15) is 5.75 Å². The van der Waals surface area contributed by atoms with E-state index in [1.54, 1.807) is 12.1 Å². The zero-order valence-corrected chi connectivity index (χ0v) is 10.6. The highest BCUT2D eigenvalue weighted by Crippen LogP contribution is 2.36. The third-order valence-electron chi connectivity index (χ3n) is 2.74. The van der Waals surface area contributed by atoms with Gasteiger partial charge in [-0.1, -0.05) is 23.8 Å². The minimum atomic E-state index is -4.46. The smallest absolute Gasteiger partial charge is 0.418 e. The van der Waals surface area contributed by atoms with E-state index < -0.39 is 11.7 Å². The van der Waals surface area contributed by atoms with Crippen LogP contribution >= 0.6 is 0 Å². The molecule has 0 unspecified atom stereocenters. The van der Waals surface area contributed by atoms with E-state index in [1.165, 1.54) is 30.5 Å². The molecule has 0 heterocycles. The summed E-state index contributed by atoms with van der Waals surface area (Å²) in [6.45, 7) is 1.82. The minimum Gasteiger partial charge on any atom is -0.507 e. The van der Waals surface area contributed by atoms with Crippen molar-refractivity contribution in [3.05, 3.63) is 59.2 Å². The van der Waals surface area contributed by atoms with Crippen molar-refractivity contribution in [3.8, 4) is 5.75 Å². The lowest BCUT2D eigenvalue weighted by Crippen LogP contribution is -2.04. The summed E-state index contributed by atoms with van der Waals surface area (Å²) in [5.41, 5.74) is 0.277. The van der Waals surface area contributed by atoms with Gasteiger partial charge in [0, 0.05) is 11.8 Å². The summed E-state index contributed by atoms with van der Waals surface area (Å²) in [6, 6.07) is 9.89. The Bertz CT molecular complexity index is 648. The lowest BCUT2D eigenvalue weighted by Gasteiger charge is -2.09. The molecule has 0 bridgehead atoms. The van der Waals surface area contributed by atoms with Crippen LogP contribution in [0, 0.1) is 6.92 Å². The largest absolute Gasteiger partial charge is 0.507 e. The lowest BCUT2D eigenvalue weighted by atomic mass is 10.1. The molecule has 2 nitrogen and oxygen atoms in total. The molecular formula is C15H12F3NO. The molecule has 0 radical (unpaired) electrons. The molecule has 20 heavy (non-hydrogen) atoms. The summed E-state index contributed by atoms with van der Waals surface area (Å²) in [5, 5.41) is 9.63. The van der Waals surface area contributed by atoms with Crippen molar-refractivity contribution in [2.75, 3.05) is 0 Å². The van der Waals surface area contributed by atoms with Crippen LogP contribution in [0.2, 0.25) is 0 Å². The number of aliphatic imine (C=N–C) groups is 1. The number of para-hydroxylation sites is 1. The number of phenolic OH excluding ortho intramolecular Hbond substituents is 1. The molecule has 0 spiro atoms. The van der Waals surface area contributed by atoms with E-state index in [0.29, 0.717) is 5.56 Å². The third kappa shape index (κ3) is 3.17. The van der Waals surface area contributed by atoms with Gasteiger partial charge >= 0.3 is 6.18 Å². The van der Waals surface area contributed by atoms with Crippen LogP contribution in [0.1, 0.15) is 16.7 Å². The molecule has 1 N–H and O–H groups in total. The molecule has 104 valence electrons. The summed E-state index contributed by atoms with van der Waals surface area (Å²) in [5.74, 6) is -0.0242. The fraction of sp³-hybridized carbons (Fsp3) is 0.133. The van der Waals surface area contributed by atoms with E-state index in [-0.39, 0.29) is 11.4 Å². The number of aryl methyl sites for hydroxylation is 1. The Morgan fingerprint density at radius 3 is 2.50 bits per heavy atom. The third-order valence-corrected chi connectivity index (χ3v) is 2.74. The number of hydrogen-bond acceptors (Lipinski definition) is 2. The van der Waals surface area contributed by atoms with E-state index in [0.717, 1.165) is 11.6 Å². The normalized spacial score (nSPS) is 12.0. The number of rotatable bonds is 2. The lowest BCUT2D eigenvalue weighted by molar-refractivity contribution is -0.137. The monoisotopic (exact) mass is 279 g/mol. The molecule has 0 saturated carbocycles. The van der Waals surface area contributed by atoms with Gasteiger partial charge in [-0.25, -0.2) is 0 Å². The van der Waals surface area contributed by atoms with Gasteiger partial charge in [-0.05, 0) is 31.2 Å². The molecule has 0 atom stereocenters. The van der Waals surface area contributed by atoms with E-state index in [4.69, 9.17) is 0 Å². The second kappa shape index (κ2) is 5.36. The molecule has 2 aromatic rings. The van der Waals surface area contributed by atoms with Crippen LogP contribution in [0.4, 0.5) is 18.9 Å². The predicted octanol–water partition coefficient (Wildman–Crippen LogP) is 4.47. The maximum Gasteiger partial charge on any atom is 0.418 e. The number of halogens is 3. The van der Waals surface area contributed by atoms with Gasteiger partial charge in [0.15, 0.2) is 0 Å². The van der Waals surface area contributed by atoms with E-state index in [2.05, 4.69) is 4.99 Å². The Kier molecular flexibility index (Phi) is 3.79. The zero-order chi connectivity index (χ0) is 14.8. The van der Waals surface area contributed by atoms with Crippen LogP contribution in [0.3, 0.4) is 0 Å². The van der Waals surface area contributed by atoms with Crippen molar-refractivity contribution >= 4 is 11.9 Å². The Balaban J connectivity index is 2.40. The second-order valence-electron chi connectivity index (χ2n) is 4.34. The van der Waals surface area contributed by atoms with E-state index >= 15 is 0 Å². The Labute approximate surface area is 114 Å². The molecule has 0 amide bonds. The fourth-order valence-electron chi connectivity index (χ4n) is 1.74. The Hall–Kier alpha value is -2.30. The van der Waals surface area contributed by atoms with E-state index in [1.807, 2.05) is 6.92 Å². The number of phenols is 1. The molecule has 0 saturated heterocycles. The number of benzene rings is 2. The van der Waals surface area contributed by atoms with Crippen molar-refractivity contribution in [3.63, 3.8) is 0 Å². The summed E-state index contributed by atoms with van der Waals surface area (Å²) in [6.07, 6.45) is -3.23. The van der Waals surface area contributed by atoms with Crippen LogP contribution < -0.4 is 0 Å². The van der Waals surface area contributed by atoms with Crippen molar-refractivity contribution in [1.29, 1.82) is 0 Å². The van der Waals surface area contributed by atoms with Gasteiger partial charge < -0.3 is 5.11 Å². The highest BCUT2D eigenvalue weighted by Gasteiger charge is 2.32. The predicted molar refractivity (Wildman–Crippen MR) is 71.5 cm³/mol. The van der Waals surface area contributed by atoms with Crippen LogP contribution in [-0.4, -0.2) is 11.3 Å². The van der Waals surface area contributed by atoms with Crippen molar-refractivity contribution in [2.24, 2.45) is 4.99 Å². The van der Waals surface area contributed by atoms with Gasteiger partial charge in [-0.2, -0.15) is 13.2 Å². The number of hydrogen-bond donors (Lipinski definition) is 1. The molecule has 2 aromatic carbocycles. The highest BCUT2D eigenvalue weighted by atomic mass is 19.4. The molecule has 5 heteroatoms. The van der Waals surface area contributed by atoms with E-state index in [9.17, 15) is 18.3 Å². The van der Waals surface area contributed by atoms with Crippen LogP contribution in [0.5, 0.6) is 5.75 Å². The van der Waals surface area contributed by atoms with Crippen LogP contribution in [-0.2, 0) is 6.18 Å². The molecule has 2 rings (SSSR count). The molecule has 0 aromatic heterocycles. The van der Waals surface area contributed by atoms with Gasteiger partial charge in [0.25, 0.3) is 0 Å². The maximum atomic E-state index is 12.8. The molecule has 0 aliphatic rings. The van der Waals surface area contributed by atoms with Crippen molar-refractivity contribution in [1.82, 2.24) is 0 Å².